The number of hydrazine groups is 1. The first-order valence-electron chi connectivity index (χ1n) is 7.88. The van der Waals surface area contributed by atoms with Gasteiger partial charge < -0.3 is 9.47 Å². The first-order chi connectivity index (χ1) is 12.4. The van der Waals surface area contributed by atoms with Gasteiger partial charge in [-0.3, -0.25) is 15.6 Å². The molecule has 0 bridgehead atoms. The Balaban J connectivity index is 1.72. The van der Waals surface area contributed by atoms with Crippen LogP contribution in [0.1, 0.15) is 18.4 Å². The minimum Gasteiger partial charge on any atom is -0.497 e. The van der Waals surface area contributed by atoms with E-state index in [1.807, 2.05) is 0 Å². The monoisotopic (exact) mass is 368 g/mol. The normalized spacial score (nSPS) is 10.9. The number of para-hydroxylation sites is 1. The van der Waals surface area contributed by atoms with Gasteiger partial charge in [0.15, 0.2) is 0 Å². The van der Waals surface area contributed by atoms with Crippen LogP contribution in [0.5, 0.6) is 11.5 Å². The summed E-state index contributed by atoms with van der Waals surface area (Å²) in [5.74, 6) is 0.922. The molecule has 26 heavy (non-hydrogen) atoms. The highest BCUT2D eigenvalue weighted by atomic mass is 19.4. The van der Waals surface area contributed by atoms with Crippen molar-refractivity contribution >= 4 is 11.6 Å². The maximum atomic E-state index is 12.9. The van der Waals surface area contributed by atoms with E-state index in [4.69, 9.17) is 9.47 Å². The standard InChI is InChI=1S/C18H19F3N2O3/c1-25-13-8-10-14(11-9-13)26-12-4-7-17(24)23-22-16-6-3-2-5-15(16)18(19,20)21/h2-3,5-6,8-11,22H,4,7,12H2,1H3,(H,23,24). The highest BCUT2D eigenvalue weighted by molar-refractivity contribution is 5.77. The third-order valence-electron chi connectivity index (χ3n) is 3.45. The molecule has 0 saturated heterocycles. The number of carbonyl (C=O) groups is 1. The van der Waals surface area contributed by atoms with E-state index in [0.717, 1.165) is 6.07 Å². The molecule has 0 aliphatic carbocycles. The van der Waals surface area contributed by atoms with Gasteiger partial charge in [-0.1, -0.05) is 12.1 Å². The van der Waals surface area contributed by atoms with Gasteiger partial charge in [-0.2, -0.15) is 13.2 Å². The van der Waals surface area contributed by atoms with Gasteiger partial charge >= 0.3 is 6.18 Å². The minimum absolute atomic E-state index is 0.108. The molecule has 0 heterocycles. The van der Waals surface area contributed by atoms with Gasteiger partial charge in [0, 0.05) is 6.42 Å². The summed E-state index contributed by atoms with van der Waals surface area (Å²) in [4.78, 5) is 11.7. The number of hydrogen-bond acceptors (Lipinski definition) is 4. The summed E-state index contributed by atoms with van der Waals surface area (Å²) < 4.78 is 49.1. The Labute approximate surface area is 149 Å². The number of rotatable bonds is 8. The van der Waals surface area contributed by atoms with Crippen molar-refractivity contribution in [2.24, 2.45) is 0 Å². The second-order valence-corrected chi connectivity index (χ2v) is 5.34. The molecule has 0 unspecified atom stereocenters. The quantitative estimate of drug-likeness (QED) is 0.546. The van der Waals surface area contributed by atoms with Gasteiger partial charge in [0.2, 0.25) is 5.91 Å². The lowest BCUT2D eigenvalue weighted by Crippen LogP contribution is -2.30. The van der Waals surface area contributed by atoms with E-state index in [9.17, 15) is 18.0 Å². The third kappa shape index (κ3) is 5.87. The lowest BCUT2D eigenvalue weighted by molar-refractivity contribution is -0.137. The van der Waals surface area contributed by atoms with E-state index in [1.54, 1.807) is 31.4 Å². The molecule has 0 radical (unpaired) electrons. The van der Waals surface area contributed by atoms with Crippen molar-refractivity contribution in [3.8, 4) is 11.5 Å². The van der Waals surface area contributed by atoms with Crippen LogP contribution < -0.4 is 20.3 Å². The van der Waals surface area contributed by atoms with Crippen LogP contribution in [-0.2, 0) is 11.0 Å². The zero-order chi connectivity index (χ0) is 19.0. The Morgan fingerprint density at radius 1 is 1.04 bits per heavy atom. The molecule has 2 aromatic rings. The molecule has 0 atom stereocenters. The van der Waals surface area contributed by atoms with Crippen LogP contribution in [0.25, 0.3) is 0 Å². The number of nitrogens with one attached hydrogen (secondary N) is 2. The fourth-order valence-electron chi connectivity index (χ4n) is 2.13. The molecule has 140 valence electrons. The Hall–Kier alpha value is -2.90. The molecule has 0 aliphatic rings. The summed E-state index contributed by atoms with van der Waals surface area (Å²) in [5, 5.41) is 0. The van der Waals surface area contributed by atoms with Crippen molar-refractivity contribution in [2.45, 2.75) is 19.0 Å². The summed E-state index contributed by atoms with van der Waals surface area (Å²) in [6, 6.07) is 11.9. The fraction of sp³-hybridized carbons (Fsp3) is 0.278. The first-order valence-corrected chi connectivity index (χ1v) is 7.88. The average Bonchev–Trinajstić information content (AvgIpc) is 2.63. The molecule has 2 aromatic carbocycles. The summed E-state index contributed by atoms with van der Waals surface area (Å²) in [6.45, 7) is 0.304. The van der Waals surface area contributed by atoms with Gasteiger partial charge in [0.1, 0.15) is 11.5 Å². The lowest BCUT2D eigenvalue weighted by atomic mass is 10.2. The zero-order valence-corrected chi connectivity index (χ0v) is 14.1. The topological polar surface area (TPSA) is 59.6 Å². The second kappa shape index (κ2) is 8.98. The van der Waals surface area contributed by atoms with Gasteiger partial charge in [0.25, 0.3) is 0 Å². The molecular weight excluding hydrogens is 349 g/mol. The van der Waals surface area contributed by atoms with Crippen molar-refractivity contribution in [3.05, 3.63) is 54.1 Å². The van der Waals surface area contributed by atoms with Crippen molar-refractivity contribution in [1.29, 1.82) is 0 Å². The minimum atomic E-state index is -4.50. The first kappa shape index (κ1) is 19.4. The number of benzene rings is 2. The number of halogens is 3. The van der Waals surface area contributed by atoms with Crippen LogP contribution in [0.4, 0.5) is 18.9 Å². The lowest BCUT2D eigenvalue weighted by Gasteiger charge is -2.15. The number of alkyl halides is 3. The number of methoxy groups -OCH3 is 1. The van der Waals surface area contributed by atoms with Crippen molar-refractivity contribution in [2.75, 3.05) is 19.1 Å². The molecule has 0 fully saturated rings. The van der Waals surface area contributed by atoms with Gasteiger partial charge in [-0.05, 0) is 42.8 Å². The van der Waals surface area contributed by atoms with E-state index < -0.39 is 17.6 Å². The average molecular weight is 368 g/mol. The third-order valence-corrected chi connectivity index (χ3v) is 3.45. The summed E-state index contributed by atoms with van der Waals surface area (Å²) >= 11 is 0. The Kier molecular flexibility index (Phi) is 6.71. The molecule has 0 saturated carbocycles. The number of ether oxygens (including phenoxy) is 2. The predicted molar refractivity (Wildman–Crippen MR) is 90.9 cm³/mol. The summed E-state index contributed by atoms with van der Waals surface area (Å²) in [7, 11) is 1.57. The van der Waals surface area contributed by atoms with Crippen LogP contribution in [-0.4, -0.2) is 19.6 Å². The van der Waals surface area contributed by atoms with E-state index >= 15 is 0 Å². The maximum Gasteiger partial charge on any atom is 0.418 e. The smallest absolute Gasteiger partial charge is 0.418 e. The summed E-state index contributed by atoms with van der Waals surface area (Å²) in [5.41, 5.74) is 3.53. The second-order valence-electron chi connectivity index (χ2n) is 5.34. The fourth-order valence-corrected chi connectivity index (χ4v) is 2.13. The number of anilines is 1. The van der Waals surface area contributed by atoms with Crippen LogP contribution in [0.3, 0.4) is 0 Å². The molecule has 1 amide bonds. The molecule has 2 rings (SSSR count). The van der Waals surface area contributed by atoms with Gasteiger partial charge in [-0.25, -0.2) is 0 Å². The molecular formula is C18H19F3N2O3. The van der Waals surface area contributed by atoms with E-state index in [1.165, 1.54) is 18.2 Å². The van der Waals surface area contributed by atoms with Crippen LogP contribution in [0, 0.1) is 0 Å². The summed E-state index contributed by atoms with van der Waals surface area (Å²) in [6.07, 6.45) is -3.97. The van der Waals surface area contributed by atoms with E-state index in [-0.39, 0.29) is 12.1 Å². The zero-order valence-electron chi connectivity index (χ0n) is 14.1. The Bertz CT molecular complexity index is 718. The predicted octanol–water partition coefficient (Wildman–Crippen LogP) is 4.02. The Morgan fingerprint density at radius 2 is 1.69 bits per heavy atom. The molecule has 0 aromatic heterocycles. The van der Waals surface area contributed by atoms with Crippen LogP contribution >= 0.6 is 0 Å². The van der Waals surface area contributed by atoms with Gasteiger partial charge in [0.05, 0.1) is 25.0 Å². The molecule has 8 heteroatoms. The van der Waals surface area contributed by atoms with Crippen molar-refractivity contribution in [3.63, 3.8) is 0 Å². The molecule has 5 nitrogen and oxygen atoms in total. The Morgan fingerprint density at radius 3 is 2.35 bits per heavy atom. The van der Waals surface area contributed by atoms with Gasteiger partial charge in [-0.15, -0.1) is 0 Å². The molecule has 0 spiro atoms. The highest BCUT2D eigenvalue weighted by Crippen LogP contribution is 2.34. The van der Waals surface area contributed by atoms with E-state index in [0.29, 0.717) is 24.5 Å². The van der Waals surface area contributed by atoms with Crippen molar-refractivity contribution < 1.29 is 27.4 Å². The van der Waals surface area contributed by atoms with E-state index in [2.05, 4.69) is 10.9 Å². The maximum absolute atomic E-state index is 12.9. The number of amides is 1. The molecule has 2 N–H and O–H groups in total. The highest BCUT2D eigenvalue weighted by Gasteiger charge is 2.33. The molecule has 0 aliphatic heterocycles. The largest absolute Gasteiger partial charge is 0.497 e. The van der Waals surface area contributed by atoms with Crippen LogP contribution in [0.2, 0.25) is 0 Å². The van der Waals surface area contributed by atoms with Crippen LogP contribution in [0.15, 0.2) is 48.5 Å². The SMILES string of the molecule is COc1ccc(OCCCC(=O)NNc2ccccc2C(F)(F)F)cc1. The number of carbonyl (C=O) groups excluding carboxylic acids is 1. The number of hydrogen-bond donors (Lipinski definition) is 2. The van der Waals surface area contributed by atoms with Crippen molar-refractivity contribution in [1.82, 2.24) is 5.43 Å².